The molecule has 2 N–H and O–H groups in total. The van der Waals surface area contributed by atoms with Gasteiger partial charge in [-0.1, -0.05) is 0 Å². The summed E-state index contributed by atoms with van der Waals surface area (Å²) in [5.74, 6) is 0. The summed E-state index contributed by atoms with van der Waals surface area (Å²) in [6.45, 7) is 0. The van der Waals surface area contributed by atoms with E-state index in [-0.39, 0.29) is 5.65 Å². The highest BCUT2D eigenvalue weighted by molar-refractivity contribution is 5.67. The lowest BCUT2D eigenvalue weighted by molar-refractivity contribution is 0.660. The summed E-state index contributed by atoms with van der Waals surface area (Å²) in [5.41, 5.74) is -0.345. The van der Waals surface area contributed by atoms with E-state index in [0.29, 0.717) is 5.52 Å². The Morgan fingerprint density at radius 1 is 1.43 bits per heavy atom. The average Bonchev–Trinajstić information content (AvgIpc) is 2.50. The molecule has 14 heavy (non-hydrogen) atoms. The molecular weight excluding hydrogens is 186 g/mol. The fourth-order valence-electron chi connectivity index (χ4n) is 1.27. The number of nitrogens with zero attached hydrogens (tertiary/aromatic N) is 3. The maximum Gasteiger partial charge on any atom is 0.349 e. The van der Waals surface area contributed by atoms with Gasteiger partial charge in [0.2, 0.25) is 0 Å². The van der Waals surface area contributed by atoms with Gasteiger partial charge in [-0.05, 0) is 0 Å². The zero-order valence-corrected chi connectivity index (χ0v) is 7.74. The van der Waals surface area contributed by atoms with E-state index in [1.165, 1.54) is 11.3 Å². The van der Waals surface area contributed by atoms with E-state index in [2.05, 4.69) is 15.0 Å². The second-order valence-corrected chi connectivity index (χ2v) is 3.02. The summed E-state index contributed by atoms with van der Waals surface area (Å²) in [6.07, 6.45) is 1.36. The van der Waals surface area contributed by atoms with Gasteiger partial charge in [-0.3, -0.25) is 9.78 Å². The molecule has 74 valence electrons. The van der Waals surface area contributed by atoms with Crippen LogP contribution in [0.1, 0.15) is 0 Å². The van der Waals surface area contributed by atoms with Crippen molar-refractivity contribution in [2.24, 2.45) is 0 Å². The summed E-state index contributed by atoms with van der Waals surface area (Å²) in [6, 6.07) is 0. The highest BCUT2D eigenvalue weighted by atomic mass is 16.2. The minimum atomic E-state index is -0.500. The first kappa shape index (κ1) is 8.54. The van der Waals surface area contributed by atoms with Crippen LogP contribution in [0, 0.1) is 0 Å². The SMILES string of the molecule is CN(C)n1c(=O)[nH]c2nc[nH]c2c1=O. The molecule has 0 saturated heterocycles. The third-order valence-corrected chi connectivity index (χ3v) is 1.86. The third kappa shape index (κ3) is 1.02. The number of rotatable bonds is 1. The summed E-state index contributed by atoms with van der Waals surface area (Å²) in [4.78, 5) is 32.0. The molecule has 0 radical (unpaired) electrons. The number of H-pyrrole nitrogens is 2. The van der Waals surface area contributed by atoms with Crippen LogP contribution in [0.3, 0.4) is 0 Å². The lowest BCUT2D eigenvalue weighted by atomic mass is 10.5. The van der Waals surface area contributed by atoms with Gasteiger partial charge >= 0.3 is 11.2 Å². The van der Waals surface area contributed by atoms with Crippen LogP contribution in [0.4, 0.5) is 0 Å². The van der Waals surface area contributed by atoms with Crippen molar-refractivity contribution in [1.29, 1.82) is 0 Å². The van der Waals surface area contributed by atoms with Crippen molar-refractivity contribution in [3.63, 3.8) is 0 Å². The molecule has 0 fully saturated rings. The molecule has 7 heteroatoms. The smallest absolute Gasteiger partial charge is 0.339 e. The van der Waals surface area contributed by atoms with Gasteiger partial charge in [0.25, 0.3) is 0 Å². The number of aromatic amines is 2. The fourth-order valence-corrected chi connectivity index (χ4v) is 1.27. The first-order chi connectivity index (χ1) is 6.61. The first-order valence-electron chi connectivity index (χ1n) is 3.97. The quantitative estimate of drug-likeness (QED) is 0.586. The predicted octanol–water partition coefficient (Wildman–Crippen LogP) is -1.39. The summed E-state index contributed by atoms with van der Waals surface area (Å²) in [5, 5.41) is 1.40. The van der Waals surface area contributed by atoms with E-state index in [0.717, 1.165) is 4.68 Å². The van der Waals surface area contributed by atoms with E-state index in [9.17, 15) is 9.59 Å². The Bertz CT molecular complexity index is 576. The van der Waals surface area contributed by atoms with Crippen LogP contribution in [0.25, 0.3) is 11.2 Å². The van der Waals surface area contributed by atoms with Gasteiger partial charge in [-0.2, -0.15) is 4.68 Å². The Hall–Kier alpha value is -2.05. The van der Waals surface area contributed by atoms with Gasteiger partial charge in [0.05, 0.1) is 6.33 Å². The molecule has 0 atom stereocenters. The Balaban J connectivity index is 2.97. The average molecular weight is 195 g/mol. The number of hydrogen-bond acceptors (Lipinski definition) is 4. The van der Waals surface area contributed by atoms with Crippen LogP contribution in [-0.4, -0.2) is 33.7 Å². The van der Waals surface area contributed by atoms with Crippen LogP contribution in [0.2, 0.25) is 0 Å². The van der Waals surface area contributed by atoms with Crippen LogP contribution in [-0.2, 0) is 0 Å². The minimum absolute atomic E-state index is 0.276. The fraction of sp³-hybridized carbons (Fsp3) is 0.286. The van der Waals surface area contributed by atoms with Crippen LogP contribution >= 0.6 is 0 Å². The highest BCUT2D eigenvalue weighted by Crippen LogP contribution is 1.94. The van der Waals surface area contributed by atoms with E-state index in [4.69, 9.17) is 0 Å². The number of aromatic nitrogens is 4. The van der Waals surface area contributed by atoms with Gasteiger partial charge in [-0.25, -0.2) is 9.78 Å². The van der Waals surface area contributed by atoms with Gasteiger partial charge in [0.1, 0.15) is 0 Å². The molecule has 0 bridgehead atoms. The summed E-state index contributed by atoms with van der Waals surface area (Å²) in [7, 11) is 3.22. The molecule has 2 aromatic rings. The zero-order chi connectivity index (χ0) is 10.3. The molecule has 2 rings (SSSR count). The molecule has 0 aliphatic heterocycles. The van der Waals surface area contributed by atoms with Crippen molar-refractivity contribution in [1.82, 2.24) is 19.6 Å². The second kappa shape index (κ2) is 2.72. The number of imidazole rings is 1. The standard InChI is InChI=1S/C7H9N5O2/c1-11(2)12-6(13)4-5(9-3-8-4)10-7(12)14/h3H,1-2H3,(H,8,9)(H,10,14). The van der Waals surface area contributed by atoms with E-state index >= 15 is 0 Å². The molecule has 7 nitrogen and oxygen atoms in total. The minimum Gasteiger partial charge on any atom is -0.339 e. The molecule has 2 heterocycles. The van der Waals surface area contributed by atoms with Crippen molar-refractivity contribution in [3.8, 4) is 0 Å². The molecular formula is C7H9N5O2. The van der Waals surface area contributed by atoms with Crippen molar-refractivity contribution in [3.05, 3.63) is 27.2 Å². The molecule has 0 aliphatic carbocycles. The molecule has 0 spiro atoms. The van der Waals surface area contributed by atoms with E-state index in [1.807, 2.05) is 0 Å². The van der Waals surface area contributed by atoms with E-state index in [1.54, 1.807) is 14.1 Å². The molecule has 0 unspecified atom stereocenters. The topological polar surface area (TPSA) is 86.8 Å². The maximum atomic E-state index is 11.7. The first-order valence-corrected chi connectivity index (χ1v) is 3.97. The van der Waals surface area contributed by atoms with E-state index < -0.39 is 11.2 Å². The van der Waals surface area contributed by atoms with Gasteiger partial charge in [-0.15, -0.1) is 0 Å². The molecule has 2 aromatic heterocycles. The molecule has 0 aliphatic rings. The Morgan fingerprint density at radius 3 is 2.79 bits per heavy atom. The zero-order valence-electron chi connectivity index (χ0n) is 7.74. The van der Waals surface area contributed by atoms with Gasteiger partial charge < -0.3 is 9.99 Å². The van der Waals surface area contributed by atoms with Crippen molar-refractivity contribution in [2.75, 3.05) is 19.1 Å². The highest BCUT2D eigenvalue weighted by Gasteiger charge is 2.09. The van der Waals surface area contributed by atoms with Gasteiger partial charge in [0, 0.05) is 14.1 Å². The monoisotopic (exact) mass is 195 g/mol. The molecule has 0 aromatic carbocycles. The Labute approximate surface area is 78.0 Å². The largest absolute Gasteiger partial charge is 0.349 e. The van der Waals surface area contributed by atoms with Gasteiger partial charge in [0.15, 0.2) is 11.2 Å². The normalized spacial score (nSPS) is 10.7. The van der Waals surface area contributed by atoms with Crippen LogP contribution in [0.5, 0.6) is 0 Å². The van der Waals surface area contributed by atoms with Crippen molar-refractivity contribution < 1.29 is 0 Å². The molecule has 0 amide bonds. The summed E-state index contributed by atoms with van der Waals surface area (Å²) < 4.78 is 0.987. The number of fused-ring (bicyclic) bond motifs is 1. The van der Waals surface area contributed by atoms with Crippen molar-refractivity contribution in [2.45, 2.75) is 0 Å². The lowest BCUT2D eigenvalue weighted by Crippen LogP contribution is -2.46. The van der Waals surface area contributed by atoms with Crippen LogP contribution in [0.15, 0.2) is 15.9 Å². The van der Waals surface area contributed by atoms with Crippen LogP contribution < -0.4 is 16.3 Å². The molecule has 0 saturated carbocycles. The lowest BCUT2D eigenvalue weighted by Gasteiger charge is -2.12. The summed E-state index contributed by atoms with van der Waals surface area (Å²) >= 11 is 0. The third-order valence-electron chi connectivity index (χ3n) is 1.86. The Kier molecular flexibility index (Phi) is 1.66. The maximum absolute atomic E-state index is 11.7. The Morgan fingerprint density at radius 2 is 2.14 bits per heavy atom. The number of nitrogens with one attached hydrogen (secondary N) is 2. The second-order valence-electron chi connectivity index (χ2n) is 3.02. The predicted molar refractivity (Wildman–Crippen MR) is 51.0 cm³/mol. The van der Waals surface area contributed by atoms with Crippen molar-refractivity contribution >= 4 is 11.2 Å². The number of hydrogen-bond donors (Lipinski definition) is 2.